The summed E-state index contributed by atoms with van der Waals surface area (Å²) in [5.74, 6) is 0.132. The number of nitrogens with two attached hydrogens (primary N) is 1. The van der Waals surface area contributed by atoms with Gasteiger partial charge in [0, 0.05) is 24.4 Å². The fourth-order valence-electron chi connectivity index (χ4n) is 1.80. The maximum atomic E-state index is 11.7. The van der Waals surface area contributed by atoms with E-state index in [2.05, 4.69) is 0 Å². The third kappa shape index (κ3) is 3.67. The van der Waals surface area contributed by atoms with Crippen LogP contribution in [-0.4, -0.2) is 37.0 Å². The van der Waals surface area contributed by atoms with E-state index in [4.69, 9.17) is 10.5 Å². The quantitative estimate of drug-likeness (QED) is 0.908. The molecule has 2 N–H and O–H groups in total. The van der Waals surface area contributed by atoms with Gasteiger partial charge in [-0.2, -0.15) is 0 Å². The van der Waals surface area contributed by atoms with Crippen LogP contribution >= 0.6 is 23.7 Å². The van der Waals surface area contributed by atoms with E-state index in [1.54, 1.807) is 11.3 Å². The van der Waals surface area contributed by atoms with Gasteiger partial charge >= 0.3 is 0 Å². The smallest absolute Gasteiger partial charge is 0.224 e. The Morgan fingerprint density at radius 3 is 3.12 bits per heavy atom. The van der Waals surface area contributed by atoms with Crippen molar-refractivity contribution in [2.24, 2.45) is 5.73 Å². The number of morpholine rings is 1. The van der Waals surface area contributed by atoms with Gasteiger partial charge in [0.1, 0.15) is 6.10 Å². The molecular formula is C11H17ClN2O2S. The fraction of sp³-hybridized carbons (Fsp3) is 0.545. The molecule has 1 aromatic rings. The average Bonchev–Trinajstić information content (AvgIpc) is 2.83. The number of amides is 1. The van der Waals surface area contributed by atoms with Gasteiger partial charge in [0.15, 0.2) is 0 Å². The van der Waals surface area contributed by atoms with E-state index in [1.165, 1.54) is 4.88 Å². The highest BCUT2D eigenvalue weighted by atomic mass is 35.5. The lowest BCUT2D eigenvalue weighted by Gasteiger charge is -2.32. The molecule has 0 spiro atoms. The van der Waals surface area contributed by atoms with Gasteiger partial charge in [0.2, 0.25) is 5.91 Å². The van der Waals surface area contributed by atoms with E-state index < -0.39 is 0 Å². The zero-order chi connectivity index (χ0) is 11.4. The molecule has 1 aromatic heterocycles. The Balaban J connectivity index is 0.00000144. The molecule has 1 amide bonds. The first-order valence-corrected chi connectivity index (χ1v) is 6.32. The van der Waals surface area contributed by atoms with Gasteiger partial charge < -0.3 is 15.4 Å². The zero-order valence-electron chi connectivity index (χ0n) is 9.50. The van der Waals surface area contributed by atoms with E-state index in [-0.39, 0.29) is 24.4 Å². The SMILES string of the molecule is Cl.NCCC(=O)N1CCOC(c2cccs2)C1. The van der Waals surface area contributed by atoms with Crippen LogP contribution in [0.4, 0.5) is 0 Å². The summed E-state index contributed by atoms with van der Waals surface area (Å²) in [7, 11) is 0. The van der Waals surface area contributed by atoms with Crippen LogP contribution in [0.3, 0.4) is 0 Å². The molecule has 0 aromatic carbocycles. The van der Waals surface area contributed by atoms with Crippen molar-refractivity contribution >= 4 is 29.7 Å². The minimum absolute atomic E-state index is 0. The lowest BCUT2D eigenvalue weighted by Crippen LogP contribution is -2.42. The van der Waals surface area contributed by atoms with Crippen LogP contribution in [0.15, 0.2) is 17.5 Å². The molecule has 1 aliphatic rings. The second-order valence-electron chi connectivity index (χ2n) is 3.75. The van der Waals surface area contributed by atoms with Gasteiger partial charge in [0.05, 0.1) is 13.2 Å². The molecule has 2 heterocycles. The third-order valence-electron chi connectivity index (χ3n) is 2.64. The summed E-state index contributed by atoms with van der Waals surface area (Å²) in [5, 5.41) is 2.03. The summed E-state index contributed by atoms with van der Waals surface area (Å²) in [6.07, 6.45) is 0.465. The van der Waals surface area contributed by atoms with Crippen molar-refractivity contribution in [3.8, 4) is 0 Å². The number of hydrogen-bond donors (Lipinski definition) is 1. The summed E-state index contributed by atoms with van der Waals surface area (Å²) in [5.41, 5.74) is 5.39. The van der Waals surface area contributed by atoms with Crippen molar-refractivity contribution < 1.29 is 9.53 Å². The van der Waals surface area contributed by atoms with Crippen LogP contribution < -0.4 is 5.73 Å². The Labute approximate surface area is 111 Å². The molecule has 0 aliphatic carbocycles. The molecule has 1 saturated heterocycles. The number of nitrogens with zero attached hydrogens (tertiary/aromatic N) is 1. The molecule has 0 radical (unpaired) electrons. The third-order valence-corrected chi connectivity index (χ3v) is 3.60. The predicted octanol–water partition coefficient (Wildman–Crippen LogP) is 1.42. The Morgan fingerprint density at radius 1 is 1.65 bits per heavy atom. The maximum absolute atomic E-state index is 11.7. The number of rotatable bonds is 3. The molecule has 17 heavy (non-hydrogen) atoms. The molecule has 6 heteroatoms. The highest BCUT2D eigenvalue weighted by Gasteiger charge is 2.25. The minimum Gasteiger partial charge on any atom is -0.369 e. The van der Waals surface area contributed by atoms with Crippen LogP contribution in [0.2, 0.25) is 0 Å². The first-order valence-electron chi connectivity index (χ1n) is 5.44. The fourth-order valence-corrected chi connectivity index (χ4v) is 2.57. The average molecular weight is 277 g/mol. The van der Waals surface area contributed by atoms with Crippen LogP contribution in [0.25, 0.3) is 0 Å². The number of carbonyl (C=O) groups is 1. The summed E-state index contributed by atoms with van der Waals surface area (Å²) < 4.78 is 5.67. The largest absolute Gasteiger partial charge is 0.369 e. The second-order valence-corrected chi connectivity index (χ2v) is 4.73. The number of ether oxygens (including phenoxy) is 1. The van der Waals surface area contributed by atoms with Gasteiger partial charge in [0.25, 0.3) is 0 Å². The van der Waals surface area contributed by atoms with E-state index in [1.807, 2.05) is 22.4 Å². The summed E-state index contributed by atoms with van der Waals surface area (Å²) >= 11 is 1.67. The predicted molar refractivity (Wildman–Crippen MR) is 70.5 cm³/mol. The minimum atomic E-state index is 0. The van der Waals surface area contributed by atoms with Gasteiger partial charge in [-0.25, -0.2) is 0 Å². The molecule has 1 fully saturated rings. The molecule has 1 atom stereocenters. The standard InChI is InChI=1S/C11H16N2O2S.ClH/c12-4-3-11(14)13-5-6-15-9(8-13)10-2-1-7-16-10;/h1-2,7,9H,3-6,8,12H2;1H. The normalized spacial score (nSPS) is 19.8. The molecule has 1 unspecified atom stereocenters. The maximum Gasteiger partial charge on any atom is 0.224 e. The topological polar surface area (TPSA) is 55.6 Å². The van der Waals surface area contributed by atoms with E-state index in [0.29, 0.717) is 32.7 Å². The number of thiophene rings is 1. The van der Waals surface area contributed by atoms with Crippen LogP contribution in [-0.2, 0) is 9.53 Å². The number of carbonyl (C=O) groups excluding carboxylic acids is 1. The Kier molecular flexibility index (Phi) is 5.91. The first kappa shape index (κ1) is 14.4. The first-order chi connectivity index (χ1) is 7.81. The number of hydrogen-bond acceptors (Lipinski definition) is 4. The van der Waals surface area contributed by atoms with E-state index in [9.17, 15) is 4.79 Å². The molecule has 2 rings (SSSR count). The summed E-state index contributed by atoms with van der Waals surface area (Å²) in [6.45, 7) is 2.36. The highest BCUT2D eigenvalue weighted by Crippen LogP contribution is 2.26. The van der Waals surface area contributed by atoms with Crippen molar-refractivity contribution in [2.45, 2.75) is 12.5 Å². The van der Waals surface area contributed by atoms with E-state index >= 15 is 0 Å². The summed E-state index contributed by atoms with van der Waals surface area (Å²) in [4.78, 5) is 14.7. The van der Waals surface area contributed by atoms with Gasteiger partial charge in [-0.05, 0) is 11.4 Å². The molecular weight excluding hydrogens is 260 g/mol. The molecule has 1 aliphatic heterocycles. The molecule has 0 saturated carbocycles. The lowest BCUT2D eigenvalue weighted by molar-refractivity contribution is -0.138. The Hall–Kier alpha value is -0.620. The van der Waals surface area contributed by atoms with Crippen molar-refractivity contribution in [1.82, 2.24) is 4.90 Å². The molecule has 4 nitrogen and oxygen atoms in total. The molecule has 0 bridgehead atoms. The van der Waals surface area contributed by atoms with Crippen LogP contribution in [0.5, 0.6) is 0 Å². The van der Waals surface area contributed by atoms with Crippen LogP contribution in [0.1, 0.15) is 17.4 Å². The Morgan fingerprint density at radius 2 is 2.47 bits per heavy atom. The monoisotopic (exact) mass is 276 g/mol. The summed E-state index contributed by atoms with van der Waals surface area (Å²) in [6, 6.07) is 4.05. The van der Waals surface area contributed by atoms with Crippen molar-refractivity contribution in [3.63, 3.8) is 0 Å². The van der Waals surface area contributed by atoms with Gasteiger partial charge in [-0.1, -0.05) is 6.07 Å². The second kappa shape index (κ2) is 6.96. The zero-order valence-corrected chi connectivity index (χ0v) is 11.1. The van der Waals surface area contributed by atoms with Gasteiger partial charge in [-0.15, -0.1) is 23.7 Å². The Bertz CT molecular complexity index is 345. The van der Waals surface area contributed by atoms with Crippen molar-refractivity contribution in [3.05, 3.63) is 22.4 Å². The van der Waals surface area contributed by atoms with Crippen molar-refractivity contribution in [2.75, 3.05) is 26.2 Å². The van der Waals surface area contributed by atoms with E-state index in [0.717, 1.165) is 0 Å². The van der Waals surface area contributed by atoms with Crippen LogP contribution in [0, 0.1) is 0 Å². The lowest BCUT2D eigenvalue weighted by atomic mass is 10.2. The highest BCUT2D eigenvalue weighted by molar-refractivity contribution is 7.10. The molecule has 96 valence electrons. The van der Waals surface area contributed by atoms with Crippen molar-refractivity contribution in [1.29, 1.82) is 0 Å². The number of halogens is 1. The van der Waals surface area contributed by atoms with Gasteiger partial charge in [-0.3, -0.25) is 4.79 Å².